The third kappa shape index (κ3) is 1.63. The van der Waals surface area contributed by atoms with E-state index in [-0.39, 0.29) is 18.0 Å². The van der Waals surface area contributed by atoms with Crippen molar-refractivity contribution < 1.29 is 9.50 Å². The summed E-state index contributed by atoms with van der Waals surface area (Å²) in [6.07, 6.45) is 1.68. The van der Waals surface area contributed by atoms with E-state index in [1.165, 1.54) is 17.7 Å². The monoisotopic (exact) mass is 275 g/mol. The molecule has 4 nitrogen and oxygen atoms in total. The van der Waals surface area contributed by atoms with Crippen molar-refractivity contribution in [3.8, 4) is 0 Å². The number of aliphatic hydroxyl groups is 1. The second-order valence-electron chi connectivity index (χ2n) is 5.97. The van der Waals surface area contributed by atoms with Gasteiger partial charge in [-0.2, -0.15) is 0 Å². The molecule has 106 valence electrons. The molecular weight excluding hydrogens is 257 g/mol. The molecule has 0 aliphatic carbocycles. The zero-order chi connectivity index (χ0) is 13.9. The molecule has 2 saturated heterocycles. The first kappa shape index (κ1) is 12.3. The number of β-amino-alcohol motifs (C(OH)–C–C–N with tert-alkyl or cyclic N) is 1. The summed E-state index contributed by atoms with van der Waals surface area (Å²) in [5.74, 6) is 0.100. The molecule has 0 amide bonds. The third-order valence-electron chi connectivity index (χ3n) is 4.83. The number of likely N-dealkylation sites (N-methyl/N-ethyl adjacent to an activating group) is 1. The predicted octanol–water partition coefficient (Wildman–Crippen LogP) is 1.04. The molecule has 5 heteroatoms. The third-order valence-corrected chi connectivity index (χ3v) is 4.83. The number of nitrogens with zero attached hydrogens (tertiary/aromatic N) is 1. The van der Waals surface area contributed by atoms with E-state index in [1.54, 1.807) is 0 Å². The Kier molecular flexibility index (Phi) is 2.64. The SMILES string of the molecule is CN1CC(O)[C@H]2NC[C@H](c3c[nH]c4cc(F)ccc34)[C@H]21. The summed E-state index contributed by atoms with van der Waals surface area (Å²) in [4.78, 5) is 5.39. The Labute approximate surface area is 116 Å². The molecule has 1 aromatic heterocycles. The van der Waals surface area contributed by atoms with E-state index in [1.807, 2.05) is 12.3 Å². The zero-order valence-electron chi connectivity index (χ0n) is 11.3. The smallest absolute Gasteiger partial charge is 0.125 e. The van der Waals surface area contributed by atoms with E-state index in [9.17, 15) is 9.50 Å². The molecule has 0 saturated carbocycles. The predicted molar refractivity (Wildman–Crippen MR) is 75.2 cm³/mol. The molecule has 1 unspecified atom stereocenters. The van der Waals surface area contributed by atoms with E-state index in [0.29, 0.717) is 18.5 Å². The summed E-state index contributed by atoms with van der Waals surface area (Å²) in [6.45, 7) is 1.55. The fourth-order valence-corrected chi connectivity index (χ4v) is 3.95. The van der Waals surface area contributed by atoms with Crippen molar-refractivity contribution in [2.45, 2.75) is 24.1 Å². The fraction of sp³-hybridized carbons (Fsp3) is 0.467. The maximum absolute atomic E-state index is 13.3. The van der Waals surface area contributed by atoms with Gasteiger partial charge in [-0.05, 0) is 30.8 Å². The van der Waals surface area contributed by atoms with E-state index >= 15 is 0 Å². The second kappa shape index (κ2) is 4.28. The summed E-state index contributed by atoms with van der Waals surface area (Å²) in [5, 5.41) is 14.6. The molecule has 0 bridgehead atoms. The van der Waals surface area contributed by atoms with Crippen molar-refractivity contribution in [2.24, 2.45) is 0 Å². The van der Waals surface area contributed by atoms with Crippen LogP contribution in [-0.2, 0) is 0 Å². The van der Waals surface area contributed by atoms with Gasteiger partial charge in [0.2, 0.25) is 0 Å². The van der Waals surface area contributed by atoms with Gasteiger partial charge >= 0.3 is 0 Å². The van der Waals surface area contributed by atoms with Crippen LogP contribution in [0.25, 0.3) is 10.9 Å². The lowest BCUT2D eigenvalue weighted by Crippen LogP contribution is -2.38. The van der Waals surface area contributed by atoms with Crippen molar-refractivity contribution in [3.05, 3.63) is 35.8 Å². The van der Waals surface area contributed by atoms with Crippen LogP contribution in [-0.4, -0.2) is 53.3 Å². The maximum atomic E-state index is 13.3. The standard InChI is InChI=1S/C15H18FN3O/c1-19-7-13(20)14-15(19)11(6-18-14)10-5-17-12-4-8(16)2-3-9(10)12/h2-5,11,13-15,17-18,20H,6-7H2,1H3/t11-,13?,14-,15-/m1/s1. The minimum Gasteiger partial charge on any atom is -0.390 e. The maximum Gasteiger partial charge on any atom is 0.125 e. The van der Waals surface area contributed by atoms with Gasteiger partial charge in [-0.15, -0.1) is 0 Å². The Morgan fingerprint density at radius 1 is 1.40 bits per heavy atom. The molecule has 0 spiro atoms. The highest BCUT2D eigenvalue weighted by Gasteiger charge is 2.48. The van der Waals surface area contributed by atoms with Gasteiger partial charge < -0.3 is 15.4 Å². The van der Waals surface area contributed by atoms with E-state index < -0.39 is 0 Å². The number of hydrogen-bond acceptors (Lipinski definition) is 3. The van der Waals surface area contributed by atoms with Gasteiger partial charge in [0.1, 0.15) is 5.82 Å². The van der Waals surface area contributed by atoms with Gasteiger partial charge in [-0.3, -0.25) is 4.90 Å². The van der Waals surface area contributed by atoms with Gasteiger partial charge in [0.25, 0.3) is 0 Å². The normalized spacial score (nSPS) is 34.0. The number of H-pyrrole nitrogens is 1. The summed E-state index contributed by atoms with van der Waals surface area (Å²) in [6, 6.07) is 5.32. The van der Waals surface area contributed by atoms with Gasteiger partial charge in [-0.1, -0.05) is 0 Å². The van der Waals surface area contributed by atoms with Crippen LogP contribution in [0.5, 0.6) is 0 Å². The van der Waals surface area contributed by atoms with E-state index in [4.69, 9.17) is 0 Å². The van der Waals surface area contributed by atoms with Crippen molar-refractivity contribution in [1.82, 2.24) is 15.2 Å². The van der Waals surface area contributed by atoms with Crippen LogP contribution >= 0.6 is 0 Å². The lowest BCUT2D eigenvalue weighted by Gasteiger charge is -2.24. The highest BCUT2D eigenvalue weighted by molar-refractivity contribution is 5.84. The van der Waals surface area contributed by atoms with Crippen LogP contribution in [0.15, 0.2) is 24.4 Å². The first-order chi connectivity index (χ1) is 9.65. The van der Waals surface area contributed by atoms with Gasteiger partial charge in [0.05, 0.1) is 12.1 Å². The Hall–Kier alpha value is -1.43. The van der Waals surface area contributed by atoms with E-state index in [2.05, 4.69) is 22.2 Å². The second-order valence-corrected chi connectivity index (χ2v) is 5.97. The number of halogens is 1. The molecule has 1 aromatic carbocycles. The minimum atomic E-state index is -0.308. The number of aromatic nitrogens is 1. The van der Waals surface area contributed by atoms with Crippen molar-refractivity contribution in [1.29, 1.82) is 0 Å². The van der Waals surface area contributed by atoms with Gasteiger partial charge in [0.15, 0.2) is 0 Å². The lowest BCUT2D eigenvalue weighted by atomic mass is 9.91. The van der Waals surface area contributed by atoms with Crippen LogP contribution in [0.2, 0.25) is 0 Å². The summed E-state index contributed by atoms with van der Waals surface area (Å²) >= 11 is 0. The van der Waals surface area contributed by atoms with Crippen LogP contribution < -0.4 is 5.32 Å². The lowest BCUT2D eigenvalue weighted by molar-refractivity contribution is 0.159. The molecule has 3 heterocycles. The highest BCUT2D eigenvalue weighted by Crippen LogP contribution is 2.38. The van der Waals surface area contributed by atoms with Crippen LogP contribution in [0.1, 0.15) is 11.5 Å². The van der Waals surface area contributed by atoms with Crippen LogP contribution in [0.4, 0.5) is 4.39 Å². The number of aliphatic hydroxyl groups excluding tert-OH is 1. The molecule has 2 fully saturated rings. The van der Waals surface area contributed by atoms with Crippen LogP contribution in [0.3, 0.4) is 0 Å². The van der Waals surface area contributed by atoms with Crippen molar-refractivity contribution in [3.63, 3.8) is 0 Å². The van der Waals surface area contributed by atoms with Gasteiger partial charge in [-0.25, -0.2) is 4.39 Å². The number of benzene rings is 1. The van der Waals surface area contributed by atoms with E-state index in [0.717, 1.165) is 17.4 Å². The average Bonchev–Trinajstić information content (AvgIpc) is 3.06. The number of rotatable bonds is 1. The molecule has 2 aliphatic rings. The topological polar surface area (TPSA) is 51.3 Å². The highest BCUT2D eigenvalue weighted by atomic mass is 19.1. The van der Waals surface area contributed by atoms with Crippen LogP contribution in [0, 0.1) is 5.82 Å². The largest absolute Gasteiger partial charge is 0.390 e. The summed E-state index contributed by atoms with van der Waals surface area (Å²) < 4.78 is 13.3. The molecule has 4 rings (SSSR count). The molecule has 4 atom stereocenters. The Morgan fingerprint density at radius 2 is 2.25 bits per heavy atom. The fourth-order valence-electron chi connectivity index (χ4n) is 3.95. The van der Waals surface area contributed by atoms with Crippen molar-refractivity contribution in [2.75, 3.05) is 20.1 Å². The minimum absolute atomic E-state index is 0.135. The molecule has 20 heavy (non-hydrogen) atoms. The Balaban J connectivity index is 1.76. The zero-order valence-corrected chi connectivity index (χ0v) is 11.3. The Bertz CT molecular complexity index is 656. The Morgan fingerprint density at radius 3 is 3.10 bits per heavy atom. The number of hydrogen-bond donors (Lipinski definition) is 3. The number of aromatic amines is 1. The molecular formula is C15H18FN3O. The molecule has 3 N–H and O–H groups in total. The van der Waals surface area contributed by atoms with Crippen molar-refractivity contribution >= 4 is 10.9 Å². The average molecular weight is 275 g/mol. The van der Waals surface area contributed by atoms with Gasteiger partial charge in [0, 0.05) is 42.1 Å². The molecule has 2 aromatic rings. The first-order valence-electron chi connectivity index (χ1n) is 7.03. The summed E-state index contributed by atoms with van der Waals surface area (Å²) in [5.41, 5.74) is 2.05. The number of nitrogens with one attached hydrogen (secondary N) is 2. The quantitative estimate of drug-likeness (QED) is 0.729. The number of likely N-dealkylation sites (tertiary alicyclic amines) is 1. The number of fused-ring (bicyclic) bond motifs is 2. The first-order valence-corrected chi connectivity index (χ1v) is 7.03. The molecule has 2 aliphatic heterocycles. The summed E-state index contributed by atoms with van der Waals surface area (Å²) in [7, 11) is 2.06. The molecule has 0 radical (unpaired) electrons.